The predicted octanol–water partition coefficient (Wildman–Crippen LogP) is 12.2. The first-order valence-electron chi connectivity index (χ1n) is 16.4. The molecular formula is C44H27N3S. The lowest BCUT2D eigenvalue weighted by atomic mass is 10.1. The molecule has 3 nitrogen and oxygen atoms in total. The van der Waals surface area contributed by atoms with Crippen LogP contribution in [0.2, 0.25) is 0 Å². The molecule has 0 aliphatic rings. The second kappa shape index (κ2) is 9.71. The van der Waals surface area contributed by atoms with Gasteiger partial charge in [-0.3, -0.25) is 0 Å². The number of para-hydroxylation sites is 3. The lowest BCUT2D eigenvalue weighted by Gasteiger charge is -2.11. The van der Waals surface area contributed by atoms with Crippen molar-refractivity contribution in [3.05, 3.63) is 164 Å². The highest BCUT2D eigenvalue weighted by molar-refractivity contribution is 7.25. The highest BCUT2D eigenvalue weighted by atomic mass is 32.1. The summed E-state index contributed by atoms with van der Waals surface area (Å²) in [6.07, 6.45) is 2.19. The Kier molecular flexibility index (Phi) is 5.26. The van der Waals surface area contributed by atoms with Crippen LogP contribution in [0.1, 0.15) is 0 Å². The maximum Gasteiger partial charge on any atom is 0.0562 e. The third kappa shape index (κ3) is 3.58. The minimum atomic E-state index is 1.16. The van der Waals surface area contributed by atoms with E-state index in [0.29, 0.717) is 0 Å². The fraction of sp³-hybridized carbons (Fsp3) is 0. The Morgan fingerprint density at radius 1 is 0.333 bits per heavy atom. The Hall–Kier alpha value is -6.10. The predicted molar refractivity (Wildman–Crippen MR) is 205 cm³/mol. The van der Waals surface area contributed by atoms with Gasteiger partial charge in [0.25, 0.3) is 0 Å². The van der Waals surface area contributed by atoms with Gasteiger partial charge < -0.3 is 13.7 Å². The maximum atomic E-state index is 2.49. The number of hydrogen-bond acceptors (Lipinski definition) is 1. The number of benzene rings is 7. The molecule has 0 bridgehead atoms. The minimum absolute atomic E-state index is 1.16. The van der Waals surface area contributed by atoms with Crippen LogP contribution in [0.3, 0.4) is 0 Å². The Labute approximate surface area is 279 Å². The van der Waals surface area contributed by atoms with E-state index in [1.165, 1.54) is 80.4 Å². The first-order valence-corrected chi connectivity index (χ1v) is 17.2. The van der Waals surface area contributed by atoms with E-state index in [0.717, 1.165) is 11.4 Å². The molecule has 0 saturated heterocycles. The van der Waals surface area contributed by atoms with Crippen molar-refractivity contribution in [2.75, 3.05) is 0 Å². The monoisotopic (exact) mass is 629 g/mol. The Morgan fingerprint density at radius 2 is 0.979 bits per heavy atom. The quantitative estimate of drug-likeness (QED) is 0.185. The fourth-order valence-corrected chi connectivity index (χ4v) is 9.03. The van der Waals surface area contributed by atoms with Gasteiger partial charge in [0, 0.05) is 70.4 Å². The fourth-order valence-electron chi connectivity index (χ4n) is 7.91. The van der Waals surface area contributed by atoms with Crippen LogP contribution in [0, 0.1) is 0 Å². The molecule has 4 heterocycles. The number of nitrogens with zero attached hydrogens (tertiary/aromatic N) is 3. The average Bonchev–Trinajstić information content (AvgIpc) is 3.89. The van der Waals surface area contributed by atoms with Gasteiger partial charge in [-0.05, 0) is 84.9 Å². The summed E-state index contributed by atoms with van der Waals surface area (Å²) in [5.74, 6) is 0. The number of thiophene rings is 1. The van der Waals surface area contributed by atoms with Crippen LogP contribution >= 0.6 is 11.3 Å². The lowest BCUT2D eigenvalue weighted by Crippen LogP contribution is -1.96. The van der Waals surface area contributed by atoms with Gasteiger partial charge in [0.05, 0.1) is 27.6 Å². The largest absolute Gasteiger partial charge is 0.316 e. The summed E-state index contributed by atoms with van der Waals surface area (Å²) in [5.41, 5.74) is 9.56. The second-order valence-electron chi connectivity index (χ2n) is 12.6. The van der Waals surface area contributed by atoms with Crippen LogP contribution in [0.15, 0.2) is 164 Å². The van der Waals surface area contributed by atoms with E-state index in [2.05, 4.69) is 178 Å². The van der Waals surface area contributed by atoms with Crippen molar-refractivity contribution in [1.29, 1.82) is 0 Å². The first kappa shape index (κ1) is 26.0. The van der Waals surface area contributed by atoms with E-state index in [4.69, 9.17) is 0 Å². The van der Waals surface area contributed by atoms with Crippen molar-refractivity contribution in [3.63, 3.8) is 0 Å². The molecule has 0 radical (unpaired) electrons. The van der Waals surface area contributed by atoms with Gasteiger partial charge in [-0.25, -0.2) is 0 Å². The van der Waals surface area contributed by atoms with E-state index >= 15 is 0 Å². The summed E-state index contributed by atoms with van der Waals surface area (Å²) >= 11 is 1.88. The molecule has 0 aliphatic carbocycles. The van der Waals surface area contributed by atoms with E-state index < -0.39 is 0 Å². The molecule has 0 aliphatic heterocycles. The molecule has 11 aromatic rings. The van der Waals surface area contributed by atoms with Crippen LogP contribution in [0.25, 0.3) is 91.7 Å². The van der Waals surface area contributed by atoms with Gasteiger partial charge in [0.2, 0.25) is 0 Å². The molecule has 0 N–H and O–H groups in total. The smallest absolute Gasteiger partial charge is 0.0562 e. The van der Waals surface area contributed by atoms with Gasteiger partial charge in [-0.15, -0.1) is 11.3 Å². The third-order valence-corrected chi connectivity index (χ3v) is 11.2. The number of hydrogen-bond donors (Lipinski definition) is 0. The number of rotatable bonds is 3. The van der Waals surface area contributed by atoms with Gasteiger partial charge in [0.1, 0.15) is 0 Å². The summed E-state index contributed by atoms with van der Waals surface area (Å²) in [6.45, 7) is 0. The van der Waals surface area contributed by atoms with Crippen molar-refractivity contribution in [1.82, 2.24) is 13.7 Å². The van der Waals surface area contributed by atoms with Crippen molar-refractivity contribution in [2.45, 2.75) is 0 Å². The van der Waals surface area contributed by atoms with Crippen molar-refractivity contribution in [2.24, 2.45) is 0 Å². The summed E-state index contributed by atoms with van der Waals surface area (Å²) in [4.78, 5) is 0. The highest BCUT2D eigenvalue weighted by Gasteiger charge is 2.19. The summed E-state index contributed by atoms with van der Waals surface area (Å²) in [5, 5.41) is 8.94. The van der Waals surface area contributed by atoms with Crippen molar-refractivity contribution >= 4 is 86.0 Å². The molecule has 11 rings (SSSR count). The van der Waals surface area contributed by atoms with E-state index in [1.54, 1.807) is 0 Å². The molecule has 0 unspecified atom stereocenters. The zero-order valence-electron chi connectivity index (χ0n) is 25.8. The van der Waals surface area contributed by atoms with Gasteiger partial charge in [-0.1, -0.05) is 72.8 Å². The molecule has 48 heavy (non-hydrogen) atoms. The summed E-state index contributed by atoms with van der Waals surface area (Å²) < 4.78 is 9.82. The molecule has 224 valence electrons. The maximum absolute atomic E-state index is 2.49. The molecule has 0 saturated carbocycles. The molecule has 4 heteroatoms. The zero-order valence-corrected chi connectivity index (χ0v) is 26.7. The van der Waals surface area contributed by atoms with Crippen LogP contribution in [-0.4, -0.2) is 13.7 Å². The minimum Gasteiger partial charge on any atom is -0.316 e. The van der Waals surface area contributed by atoms with E-state index in [1.807, 2.05) is 11.3 Å². The standard InChI is InChI=1S/C44H27N3S/c1-3-11-29(12-4-1)45-22-21-28-23-34-36-25-37-33-16-8-10-18-43(33)48-44(37)27-42(36)47(41(34)26-40(28)45)31-19-20-39-35(24-31)32-15-7-9-17-38(32)46(39)30-13-5-2-6-14-30/h1-27H. The van der Waals surface area contributed by atoms with E-state index in [-0.39, 0.29) is 0 Å². The highest BCUT2D eigenvalue weighted by Crippen LogP contribution is 2.43. The lowest BCUT2D eigenvalue weighted by molar-refractivity contribution is 1.12. The first-order chi connectivity index (χ1) is 23.8. The Balaban J connectivity index is 1.26. The topological polar surface area (TPSA) is 14.8 Å². The second-order valence-corrected chi connectivity index (χ2v) is 13.7. The molecule has 0 fully saturated rings. The van der Waals surface area contributed by atoms with Gasteiger partial charge >= 0.3 is 0 Å². The normalized spacial score (nSPS) is 12.2. The van der Waals surface area contributed by atoms with Crippen LogP contribution in [0.5, 0.6) is 0 Å². The molecular weight excluding hydrogens is 603 g/mol. The third-order valence-electron chi connectivity index (χ3n) is 10.0. The summed E-state index contributed by atoms with van der Waals surface area (Å²) in [7, 11) is 0. The summed E-state index contributed by atoms with van der Waals surface area (Å²) in [6, 6.07) is 57.8. The molecule has 7 aromatic carbocycles. The van der Waals surface area contributed by atoms with E-state index in [9.17, 15) is 0 Å². The molecule has 0 spiro atoms. The van der Waals surface area contributed by atoms with Crippen molar-refractivity contribution < 1.29 is 0 Å². The zero-order chi connectivity index (χ0) is 31.3. The Bertz CT molecular complexity index is 3050. The van der Waals surface area contributed by atoms with Crippen LogP contribution < -0.4 is 0 Å². The average molecular weight is 630 g/mol. The van der Waals surface area contributed by atoms with Crippen LogP contribution in [0.4, 0.5) is 0 Å². The van der Waals surface area contributed by atoms with Crippen molar-refractivity contribution in [3.8, 4) is 17.1 Å². The number of aromatic nitrogens is 3. The van der Waals surface area contributed by atoms with Gasteiger partial charge in [-0.2, -0.15) is 0 Å². The molecule has 0 amide bonds. The Morgan fingerprint density at radius 3 is 1.83 bits per heavy atom. The molecule has 0 atom stereocenters. The molecule has 4 aromatic heterocycles. The SMILES string of the molecule is c1ccc(-n2ccc3cc4c5cc6c(cc5n(-c5ccc7c(c5)c5ccccc5n7-c5ccccc5)c4cc32)sc2ccccc26)cc1. The van der Waals surface area contributed by atoms with Gasteiger partial charge in [0.15, 0.2) is 0 Å². The number of fused-ring (bicyclic) bond motifs is 10. The van der Waals surface area contributed by atoms with Crippen LogP contribution in [-0.2, 0) is 0 Å².